The van der Waals surface area contributed by atoms with Crippen molar-refractivity contribution in [2.45, 2.75) is 37.8 Å². The fourth-order valence-electron chi connectivity index (χ4n) is 2.90. The van der Waals surface area contributed by atoms with E-state index in [4.69, 9.17) is 16.3 Å². The Morgan fingerprint density at radius 3 is 2.32 bits per heavy atom. The third-order valence-corrected chi connectivity index (χ3v) is 5.63. The first kappa shape index (κ1) is 22.4. The lowest BCUT2D eigenvalue weighted by Crippen LogP contribution is -2.50. The van der Waals surface area contributed by atoms with Crippen LogP contribution in [0.15, 0.2) is 49.6 Å². The Bertz CT molecular complexity index is 720. The molecule has 2 amide bonds. The van der Waals surface area contributed by atoms with Crippen molar-refractivity contribution < 1.29 is 14.3 Å². The molecular formula is C21H27ClN2O3S. The van der Waals surface area contributed by atoms with Gasteiger partial charge in [0.05, 0.1) is 0 Å². The Hall–Kier alpha value is -1.92. The molecule has 0 saturated carbocycles. The van der Waals surface area contributed by atoms with Crippen molar-refractivity contribution in [3.63, 3.8) is 0 Å². The van der Waals surface area contributed by atoms with E-state index in [1.807, 2.05) is 32.9 Å². The third kappa shape index (κ3) is 5.55. The van der Waals surface area contributed by atoms with Gasteiger partial charge in [0.1, 0.15) is 17.0 Å². The predicted octanol–water partition coefficient (Wildman–Crippen LogP) is 4.89. The fourth-order valence-corrected chi connectivity index (χ4v) is 4.43. The van der Waals surface area contributed by atoms with E-state index in [-0.39, 0.29) is 11.3 Å². The van der Waals surface area contributed by atoms with Crippen LogP contribution in [0.25, 0.3) is 0 Å². The summed E-state index contributed by atoms with van der Waals surface area (Å²) in [6.45, 7) is 13.6. The highest BCUT2D eigenvalue weighted by atomic mass is 35.5. The molecule has 2 atom stereocenters. The van der Waals surface area contributed by atoms with Gasteiger partial charge in [0.2, 0.25) is 5.91 Å². The molecule has 1 aliphatic rings. The van der Waals surface area contributed by atoms with Crippen molar-refractivity contribution >= 4 is 35.4 Å². The summed E-state index contributed by atoms with van der Waals surface area (Å²) in [6.07, 6.45) is 2.82. The molecule has 0 aromatic heterocycles. The molecule has 28 heavy (non-hydrogen) atoms. The number of nitrogens with zero attached hydrogens (tertiary/aromatic N) is 2. The number of ether oxygens (including phenoxy) is 1. The molecule has 1 aliphatic heterocycles. The van der Waals surface area contributed by atoms with Gasteiger partial charge in [0, 0.05) is 23.9 Å². The first-order valence-corrected chi connectivity index (χ1v) is 10.5. The number of benzene rings is 1. The van der Waals surface area contributed by atoms with Crippen LogP contribution in [0.3, 0.4) is 0 Å². The summed E-state index contributed by atoms with van der Waals surface area (Å²) in [5.41, 5.74) is 0.235. The largest absolute Gasteiger partial charge is 0.444 e. The molecule has 0 radical (unpaired) electrons. The number of rotatable bonds is 6. The Kier molecular flexibility index (Phi) is 7.61. The lowest BCUT2D eigenvalue weighted by Gasteiger charge is -2.33. The van der Waals surface area contributed by atoms with Crippen LogP contribution in [0, 0.1) is 0 Å². The molecule has 1 heterocycles. The zero-order chi connectivity index (χ0) is 20.9. The van der Waals surface area contributed by atoms with E-state index in [1.54, 1.807) is 34.1 Å². The van der Waals surface area contributed by atoms with Gasteiger partial charge in [-0.2, -0.15) is 0 Å². The highest BCUT2D eigenvalue weighted by Gasteiger charge is 2.45. The van der Waals surface area contributed by atoms with Crippen LogP contribution >= 0.6 is 23.4 Å². The molecule has 1 fully saturated rings. The van der Waals surface area contributed by atoms with Gasteiger partial charge >= 0.3 is 6.09 Å². The minimum absolute atomic E-state index is 0.144. The van der Waals surface area contributed by atoms with E-state index in [2.05, 4.69) is 13.2 Å². The van der Waals surface area contributed by atoms with E-state index in [0.717, 1.165) is 5.56 Å². The number of carbonyl (C=O) groups excluding carboxylic acids is 2. The molecule has 0 spiro atoms. The van der Waals surface area contributed by atoms with Crippen LogP contribution in [0.5, 0.6) is 0 Å². The lowest BCUT2D eigenvalue weighted by molar-refractivity contribution is -0.135. The number of hydrogen-bond donors (Lipinski definition) is 0. The summed E-state index contributed by atoms with van der Waals surface area (Å²) in [5.74, 6) is 0.338. The molecule has 152 valence electrons. The summed E-state index contributed by atoms with van der Waals surface area (Å²) in [4.78, 5) is 29.4. The second-order valence-electron chi connectivity index (χ2n) is 7.46. The zero-order valence-corrected chi connectivity index (χ0v) is 18.1. The van der Waals surface area contributed by atoms with E-state index in [1.165, 1.54) is 11.8 Å². The van der Waals surface area contributed by atoms with E-state index in [9.17, 15) is 9.59 Å². The van der Waals surface area contributed by atoms with Crippen LogP contribution in [0.1, 0.15) is 31.7 Å². The quantitative estimate of drug-likeness (QED) is 0.612. The zero-order valence-electron chi connectivity index (χ0n) is 16.6. The van der Waals surface area contributed by atoms with Crippen LogP contribution in [-0.4, -0.2) is 52.3 Å². The van der Waals surface area contributed by atoms with Crippen LogP contribution < -0.4 is 0 Å². The minimum Gasteiger partial charge on any atom is -0.444 e. The van der Waals surface area contributed by atoms with Gasteiger partial charge in [-0.3, -0.25) is 9.69 Å². The minimum atomic E-state index is -0.662. The van der Waals surface area contributed by atoms with Crippen molar-refractivity contribution in [2.75, 3.05) is 18.8 Å². The van der Waals surface area contributed by atoms with Gasteiger partial charge in [0.25, 0.3) is 0 Å². The summed E-state index contributed by atoms with van der Waals surface area (Å²) < 4.78 is 5.61. The normalized spacial score (nSPS) is 19.2. The number of hydrogen-bond acceptors (Lipinski definition) is 4. The maximum Gasteiger partial charge on any atom is 0.412 e. The number of thioether (sulfide) groups is 1. The van der Waals surface area contributed by atoms with Crippen LogP contribution in [0.2, 0.25) is 5.02 Å². The monoisotopic (exact) mass is 422 g/mol. The maximum atomic E-state index is 13.2. The summed E-state index contributed by atoms with van der Waals surface area (Å²) in [5, 5.41) is 0.293. The molecular weight excluding hydrogens is 396 g/mol. The van der Waals surface area contributed by atoms with E-state index in [0.29, 0.717) is 23.9 Å². The van der Waals surface area contributed by atoms with Gasteiger partial charge in [-0.1, -0.05) is 35.9 Å². The average molecular weight is 423 g/mol. The first-order chi connectivity index (χ1) is 13.2. The number of halogens is 1. The highest BCUT2D eigenvalue weighted by molar-refractivity contribution is 7.99. The molecule has 1 aromatic carbocycles. The van der Waals surface area contributed by atoms with Crippen molar-refractivity contribution in [3.05, 3.63) is 60.2 Å². The van der Waals surface area contributed by atoms with Gasteiger partial charge in [-0.05, 0) is 38.5 Å². The highest BCUT2D eigenvalue weighted by Crippen LogP contribution is 2.43. The molecule has 2 rings (SSSR count). The van der Waals surface area contributed by atoms with Crippen LogP contribution in [-0.2, 0) is 9.53 Å². The van der Waals surface area contributed by atoms with Crippen molar-refractivity contribution in [2.24, 2.45) is 0 Å². The lowest BCUT2D eigenvalue weighted by atomic mass is 10.1. The maximum absolute atomic E-state index is 13.2. The Morgan fingerprint density at radius 1 is 1.25 bits per heavy atom. The van der Waals surface area contributed by atoms with Crippen molar-refractivity contribution in [3.8, 4) is 0 Å². The molecule has 1 saturated heterocycles. The predicted molar refractivity (Wildman–Crippen MR) is 115 cm³/mol. The third-order valence-electron chi connectivity index (χ3n) is 4.06. The summed E-state index contributed by atoms with van der Waals surface area (Å²) in [6, 6.07) is 6.68. The Labute approximate surface area is 176 Å². The second kappa shape index (κ2) is 9.52. The van der Waals surface area contributed by atoms with E-state index >= 15 is 0 Å². The van der Waals surface area contributed by atoms with E-state index < -0.39 is 17.7 Å². The fraction of sp³-hybridized carbons (Fsp3) is 0.429. The molecule has 0 aliphatic carbocycles. The standard InChI is InChI=1S/C21H27ClN2O3S/c1-6-12-23(13-7-2)18(25)17-14-28-19(15-8-10-16(22)11-9-15)24(17)20(26)27-21(3,4)5/h6-11,17,19H,1-2,12-14H2,3-5H3/t17-,19-/m1/s1. The van der Waals surface area contributed by atoms with Crippen LogP contribution in [0.4, 0.5) is 4.79 Å². The van der Waals surface area contributed by atoms with Gasteiger partial charge in [-0.25, -0.2) is 4.79 Å². The molecule has 5 nitrogen and oxygen atoms in total. The van der Waals surface area contributed by atoms with Gasteiger partial charge in [0.15, 0.2) is 0 Å². The summed E-state index contributed by atoms with van der Waals surface area (Å²) in [7, 11) is 0. The molecule has 0 bridgehead atoms. The number of amides is 2. The average Bonchev–Trinajstić information content (AvgIpc) is 3.05. The smallest absolute Gasteiger partial charge is 0.412 e. The summed E-state index contributed by atoms with van der Waals surface area (Å²) >= 11 is 7.54. The topological polar surface area (TPSA) is 49.9 Å². The molecule has 1 aromatic rings. The van der Waals surface area contributed by atoms with Crippen molar-refractivity contribution in [1.29, 1.82) is 0 Å². The number of carbonyl (C=O) groups is 2. The SMILES string of the molecule is C=CCN(CC=C)C(=O)[C@H]1CS[C@H](c2ccc(Cl)cc2)N1C(=O)OC(C)(C)C. The van der Waals surface area contributed by atoms with Gasteiger partial charge < -0.3 is 9.64 Å². The molecule has 7 heteroatoms. The van der Waals surface area contributed by atoms with Gasteiger partial charge in [-0.15, -0.1) is 24.9 Å². The van der Waals surface area contributed by atoms with Crippen molar-refractivity contribution in [1.82, 2.24) is 9.80 Å². The Morgan fingerprint density at radius 2 is 1.82 bits per heavy atom. The molecule has 0 N–H and O–H groups in total. The molecule has 0 unspecified atom stereocenters. The second-order valence-corrected chi connectivity index (χ2v) is 9.01. The Balaban J connectivity index is 2.36. The first-order valence-electron chi connectivity index (χ1n) is 9.07.